The Balaban J connectivity index is 2.02. The first-order valence-corrected chi connectivity index (χ1v) is 5.76. The normalized spacial score (nSPS) is 24.9. The summed E-state index contributed by atoms with van der Waals surface area (Å²) in [5, 5.41) is 0. The van der Waals surface area contributed by atoms with Crippen LogP contribution >= 0.6 is 0 Å². The van der Waals surface area contributed by atoms with Crippen molar-refractivity contribution in [1.82, 2.24) is 0 Å². The van der Waals surface area contributed by atoms with Gasteiger partial charge >= 0.3 is 0 Å². The van der Waals surface area contributed by atoms with Gasteiger partial charge in [0.25, 0.3) is 0 Å². The van der Waals surface area contributed by atoms with E-state index in [1.807, 2.05) is 6.07 Å². The van der Waals surface area contributed by atoms with E-state index in [1.54, 1.807) is 12.1 Å². The lowest BCUT2D eigenvalue weighted by Gasteiger charge is -2.48. The fraction of sp³-hybridized carbons (Fsp3) is 0.538. The summed E-state index contributed by atoms with van der Waals surface area (Å²) in [6.07, 6.45) is 2.28. The van der Waals surface area contributed by atoms with E-state index in [9.17, 15) is 4.39 Å². The largest absolute Gasteiger partial charge is 0.379 e. The van der Waals surface area contributed by atoms with Crippen LogP contribution < -0.4 is 5.73 Å². The van der Waals surface area contributed by atoms with Crippen molar-refractivity contribution in [3.63, 3.8) is 0 Å². The molecule has 1 aliphatic carbocycles. The maximum Gasteiger partial charge on any atom is 0.123 e. The Labute approximate surface area is 94.6 Å². The van der Waals surface area contributed by atoms with Crippen molar-refractivity contribution in [1.29, 1.82) is 0 Å². The van der Waals surface area contributed by atoms with E-state index in [0.29, 0.717) is 19.8 Å². The van der Waals surface area contributed by atoms with Gasteiger partial charge in [0.05, 0.1) is 13.2 Å². The van der Waals surface area contributed by atoms with Crippen molar-refractivity contribution in [3.8, 4) is 0 Å². The van der Waals surface area contributed by atoms with Crippen LogP contribution in [0.4, 0.5) is 4.39 Å². The third kappa shape index (κ3) is 1.19. The van der Waals surface area contributed by atoms with E-state index in [2.05, 4.69) is 0 Å². The first kappa shape index (κ1) is 10.2. The van der Waals surface area contributed by atoms with Gasteiger partial charge in [0.2, 0.25) is 0 Å². The first-order valence-electron chi connectivity index (χ1n) is 5.76. The number of rotatable bonds is 3. The minimum absolute atomic E-state index is 0.0240. The van der Waals surface area contributed by atoms with Crippen molar-refractivity contribution < 1.29 is 9.13 Å². The molecular formula is C13H16FNO. The average Bonchev–Trinajstić information content (AvgIpc) is 2.98. The zero-order chi connectivity index (χ0) is 11.2. The SMILES string of the molecule is NCC1(C2(c3cccc(F)c3)COC2)CC1. The number of nitrogens with two attached hydrogens (primary N) is 1. The van der Waals surface area contributed by atoms with E-state index in [0.717, 1.165) is 18.4 Å². The van der Waals surface area contributed by atoms with Gasteiger partial charge in [-0.3, -0.25) is 0 Å². The Morgan fingerprint density at radius 3 is 2.50 bits per heavy atom. The highest BCUT2D eigenvalue weighted by atomic mass is 19.1. The van der Waals surface area contributed by atoms with Crippen LogP contribution in [0.2, 0.25) is 0 Å². The van der Waals surface area contributed by atoms with Crippen molar-refractivity contribution in [2.75, 3.05) is 19.8 Å². The van der Waals surface area contributed by atoms with Crippen molar-refractivity contribution in [3.05, 3.63) is 35.6 Å². The van der Waals surface area contributed by atoms with E-state index in [-0.39, 0.29) is 16.6 Å². The molecule has 3 heteroatoms. The molecule has 0 atom stereocenters. The van der Waals surface area contributed by atoms with Gasteiger partial charge in [0.15, 0.2) is 0 Å². The predicted octanol–water partition coefficient (Wildman–Crippen LogP) is 1.83. The molecule has 0 amide bonds. The number of hydrogen-bond acceptors (Lipinski definition) is 2. The molecule has 0 unspecified atom stereocenters. The molecule has 0 bridgehead atoms. The van der Waals surface area contributed by atoms with Gasteiger partial charge < -0.3 is 10.5 Å². The fourth-order valence-corrected chi connectivity index (χ4v) is 2.90. The molecule has 1 saturated heterocycles. The summed E-state index contributed by atoms with van der Waals surface area (Å²) >= 11 is 0. The molecule has 1 aromatic rings. The number of halogens is 1. The van der Waals surface area contributed by atoms with Crippen LogP contribution in [0.1, 0.15) is 18.4 Å². The van der Waals surface area contributed by atoms with Gasteiger partial charge in [-0.15, -0.1) is 0 Å². The molecular weight excluding hydrogens is 205 g/mol. The van der Waals surface area contributed by atoms with Crippen molar-refractivity contribution in [2.24, 2.45) is 11.1 Å². The van der Waals surface area contributed by atoms with Gasteiger partial charge in [0.1, 0.15) is 5.82 Å². The zero-order valence-corrected chi connectivity index (χ0v) is 9.21. The third-order valence-corrected chi connectivity index (χ3v) is 4.33. The van der Waals surface area contributed by atoms with Gasteiger partial charge in [-0.25, -0.2) is 4.39 Å². The minimum atomic E-state index is -0.170. The molecule has 86 valence electrons. The molecule has 2 aliphatic rings. The lowest BCUT2D eigenvalue weighted by Crippen LogP contribution is -2.56. The second-order valence-corrected chi connectivity index (χ2v) is 5.07. The maximum atomic E-state index is 13.3. The molecule has 0 radical (unpaired) electrons. The number of benzene rings is 1. The summed E-state index contributed by atoms with van der Waals surface area (Å²) in [5.41, 5.74) is 7.09. The third-order valence-electron chi connectivity index (χ3n) is 4.33. The highest BCUT2D eigenvalue weighted by Crippen LogP contribution is 2.61. The fourth-order valence-electron chi connectivity index (χ4n) is 2.90. The van der Waals surface area contributed by atoms with Gasteiger partial charge in [-0.05, 0) is 42.5 Å². The molecule has 1 aromatic carbocycles. The Morgan fingerprint density at radius 2 is 2.06 bits per heavy atom. The Hall–Kier alpha value is -0.930. The van der Waals surface area contributed by atoms with E-state index >= 15 is 0 Å². The molecule has 0 spiro atoms. The quantitative estimate of drug-likeness (QED) is 0.845. The molecule has 2 fully saturated rings. The van der Waals surface area contributed by atoms with Gasteiger partial charge in [-0.2, -0.15) is 0 Å². The van der Waals surface area contributed by atoms with Crippen molar-refractivity contribution in [2.45, 2.75) is 18.3 Å². The second kappa shape index (κ2) is 3.28. The Bertz CT molecular complexity index is 410. The summed E-state index contributed by atoms with van der Waals surface area (Å²) < 4.78 is 18.7. The highest BCUT2D eigenvalue weighted by molar-refractivity contribution is 5.35. The molecule has 1 aliphatic heterocycles. The topological polar surface area (TPSA) is 35.2 Å². The molecule has 2 nitrogen and oxygen atoms in total. The highest BCUT2D eigenvalue weighted by Gasteiger charge is 2.62. The minimum Gasteiger partial charge on any atom is -0.379 e. The van der Waals surface area contributed by atoms with Crippen LogP contribution in [0.15, 0.2) is 24.3 Å². The summed E-state index contributed by atoms with van der Waals surface area (Å²) in [6, 6.07) is 6.90. The van der Waals surface area contributed by atoms with E-state index in [4.69, 9.17) is 10.5 Å². The maximum absolute atomic E-state index is 13.3. The second-order valence-electron chi connectivity index (χ2n) is 5.07. The summed E-state index contributed by atoms with van der Waals surface area (Å²) in [7, 11) is 0. The Kier molecular flexibility index (Phi) is 2.10. The van der Waals surface area contributed by atoms with Crippen LogP contribution in [0, 0.1) is 11.2 Å². The Morgan fingerprint density at radius 1 is 1.31 bits per heavy atom. The van der Waals surface area contributed by atoms with Crippen LogP contribution in [0.3, 0.4) is 0 Å². The average molecular weight is 221 g/mol. The molecule has 1 saturated carbocycles. The summed E-state index contributed by atoms with van der Waals surface area (Å²) in [5.74, 6) is -0.170. The van der Waals surface area contributed by atoms with Crippen LogP contribution in [-0.2, 0) is 10.2 Å². The standard InChI is InChI=1S/C13H16FNO/c14-11-3-1-2-10(6-11)13(8-16-9-13)12(7-15)4-5-12/h1-3,6H,4-5,7-9,15H2. The predicted molar refractivity (Wildman–Crippen MR) is 59.6 cm³/mol. The van der Waals surface area contributed by atoms with Crippen LogP contribution in [-0.4, -0.2) is 19.8 Å². The summed E-state index contributed by atoms with van der Waals surface area (Å²) in [6.45, 7) is 2.05. The molecule has 3 rings (SSSR count). The molecule has 0 aromatic heterocycles. The van der Waals surface area contributed by atoms with Crippen LogP contribution in [0.5, 0.6) is 0 Å². The van der Waals surface area contributed by atoms with Crippen molar-refractivity contribution >= 4 is 0 Å². The summed E-state index contributed by atoms with van der Waals surface area (Å²) in [4.78, 5) is 0. The van der Waals surface area contributed by atoms with Gasteiger partial charge in [-0.1, -0.05) is 12.1 Å². The van der Waals surface area contributed by atoms with E-state index in [1.165, 1.54) is 6.07 Å². The lowest BCUT2D eigenvalue weighted by molar-refractivity contribution is -0.0974. The first-order chi connectivity index (χ1) is 7.72. The molecule has 1 heterocycles. The van der Waals surface area contributed by atoms with Gasteiger partial charge in [0, 0.05) is 5.41 Å². The molecule has 2 N–H and O–H groups in total. The zero-order valence-electron chi connectivity index (χ0n) is 9.21. The number of ether oxygens (including phenoxy) is 1. The lowest BCUT2D eigenvalue weighted by atomic mass is 9.66. The monoisotopic (exact) mass is 221 g/mol. The van der Waals surface area contributed by atoms with E-state index < -0.39 is 0 Å². The van der Waals surface area contributed by atoms with Crippen LogP contribution in [0.25, 0.3) is 0 Å². The number of hydrogen-bond donors (Lipinski definition) is 1. The molecule has 16 heavy (non-hydrogen) atoms. The smallest absolute Gasteiger partial charge is 0.123 e.